The molecule has 0 spiro atoms. The van der Waals surface area contributed by atoms with Gasteiger partial charge in [0.1, 0.15) is 17.3 Å². The van der Waals surface area contributed by atoms with E-state index < -0.39 is 0 Å². The quantitative estimate of drug-likeness (QED) is 0.219. The summed E-state index contributed by atoms with van der Waals surface area (Å²) in [6, 6.07) is 30.3. The molecule has 3 heterocycles. The summed E-state index contributed by atoms with van der Waals surface area (Å²) in [7, 11) is 0. The van der Waals surface area contributed by atoms with E-state index in [-0.39, 0.29) is 17.9 Å². The molecule has 200 valence electrons. The van der Waals surface area contributed by atoms with Crippen LogP contribution in [0.5, 0.6) is 11.5 Å². The number of aryl methyl sites for hydroxylation is 2. The second kappa shape index (κ2) is 10.6. The summed E-state index contributed by atoms with van der Waals surface area (Å²) in [5.74, 6) is 1.26. The van der Waals surface area contributed by atoms with Crippen LogP contribution in [0.4, 0.5) is 10.1 Å². The lowest BCUT2D eigenvalue weighted by atomic mass is 9.96. The Morgan fingerprint density at radius 2 is 1.55 bits per heavy atom. The van der Waals surface area contributed by atoms with Crippen molar-refractivity contribution >= 4 is 23.0 Å². The molecule has 5 nitrogen and oxygen atoms in total. The molecule has 1 aliphatic rings. The van der Waals surface area contributed by atoms with Crippen LogP contribution in [0.3, 0.4) is 0 Å². The van der Waals surface area contributed by atoms with Crippen LogP contribution in [-0.4, -0.2) is 14.7 Å². The van der Waals surface area contributed by atoms with Crippen molar-refractivity contribution in [2.75, 3.05) is 4.90 Å². The van der Waals surface area contributed by atoms with Crippen LogP contribution < -0.4 is 15.0 Å². The number of rotatable bonds is 6. The van der Waals surface area contributed by atoms with Crippen molar-refractivity contribution in [3.05, 3.63) is 137 Å². The van der Waals surface area contributed by atoms with Gasteiger partial charge >= 0.3 is 0 Å². The molecule has 1 saturated heterocycles. The highest BCUT2D eigenvalue weighted by Crippen LogP contribution is 2.44. The van der Waals surface area contributed by atoms with Crippen molar-refractivity contribution in [1.82, 2.24) is 14.9 Å². The van der Waals surface area contributed by atoms with E-state index in [1.807, 2.05) is 79.7 Å². The number of ether oxygens (including phenoxy) is 1. The molecule has 1 aliphatic heterocycles. The summed E-state index contributed by atoms with van der Waals surface area (Å²) in [5, 5.41) is 4.14. The first-order valence-corrected chi connectivity index (χ1v) is 13.6. The van der Waals surface area contributed by atoms with Crippen LogP contribution in [-0.2, 0) is 0 Å². The fourth-order valence-electron chi connectivity index (χ4n) is 5.47. The predicted molar refractivity (Wildman–Crippen MR) is 161 cm³/mol. The molecule has 0 amide bonds. The molecule has 0 saturated carbocycles. The second-order valence-corrected chi connectivity index (χ2v) is 10.4. The smallest absolute Gasteiger partial charge is 0.174 e. The van der Waals surface area contributed by atoms with Gasteiger partial charge < -0.3 is 19.5 Å². The molecule has 6 rings (SSSR count). The zero-order valence-electron chi connectivity index (χ0n) is 22.5. The van der Waals surface area contributed by atoms with Gasteiger partial charge in [-0.15, -0.1) is 0 Å². The number of nitrogens with one attached hydrogen (secondary N) is 1. The minimum Gasteiger partial charge on any atom is -0.457 e. The molecule has 2 atom stereocenters. The lowest BCUT2D eigenvalue weighted by Gasteiger charge is -2.28. The Labute approximate surface area is 238 Å². The molecule has 0 unspecified atom stereocenters. The van der Waals surface area contributed by atoms with Crippen LogP contribution in [0.25, 0.3) is 5.69 Å². The third kappa shape index (κ3) is 4.84. The Hall–Kier alpha value is -4.49. The molecule has 3 aromatic carbocycles. The number of halogens is 1. The summed E-state index contributed by atoms with van der Waals surface area (Å²) in [4.78, 5) is 6.81. The summed E-state index contributed by atoms with van der Waals surface area (Å²) < 4.78 is 22.3. The SMILES string of the molecule is Cc1ccc(Oc2ccc(N3C(=S)N[C@@H](c4ccccn4)[C@@H]3c3cc(C)n(-c4cccc(F)c4)c3C)cc2)cc1. The van der Waals surface area contributed by atoms with Crippen molar-refractivity contribution in [2.45, 2.75) is 32.9 Å². The van der Waals surface area contributed by atoms with Crippen molar-refractivity contribution < 1.29 is 9.13 Å². The number of nitrogens with zero attached hydrogens (tertiary/aromatic N) is 3. The van der Waals surface area contributed by atoms with E-state index in [9.17, 15) is 4.39 Å². The highest BCUT2D eigenvalue weighted by molar-refractivity contribution is 7.80. The summed E-state index contributed by atoms with van der Waals surface area (Å²) >= 11 is 5.92. The van der Waals surface area contributed by atoms with Gasteiger partial charge in [-0.05, 0) is 111 Å². The van der Waals surface area contributed by atoms with Crippen molar-refractivity contribution in [3.8, 4) is 17.2 Å². The molecule has 5 aromatic rings. The number of hydrogen-bond acceptors (Lipinski definition) is 3. The van der Waals surface area contributed by atoms with Gasteiger partial charge in [-0.2, -0.15) is 0 Å². The number of anilines is 1. The maximum Gasteiger partial charge on any atom is 0.174 e. The number of pyridine rings is 1. The van der Waals surface area contributed by atoms with Gasteiger partial charge in [0, 0.05) is 29.0 Å². The molecule has 7 heteroatoms. The first-order chi connectivity index (χ1) is 19.4. The van der Waals surface area contributed by atoms with Gasteiger partial charge in [0.15, 0.2) is 5.11 Å². The molecule has 2 aromatic heterocycles. The summed E-state index contributed by atoms with van der Waals surface area (Å²) in [6.45, 7) is 6.16. The van der Waals surface area contributed by atoms with Gasteiger partial charge in [-0.25, -0.2) is 4.39 Å². The molecule has 1 fully saturated rings. The summed E-state index contributed by atoms with van der Waals surface area (Å²) in [6.07, 6.45) is 1.80. The van der Waals surface area contributed by atoms with Gasteiger partial charge in [-0.3, -0.25) is 4.98 Å². The molecule has 0 aliphatic carbocycles. The second-order valence-electron chi connectivity index (χ2n) is 10.0. The number of benzene rings is 3. The van der Waals surface area contributed by atoms with Crippen LogP contribution >= 0.6 is 12.2 Å². The topological polar surface area (TPSA) is 42.3 Å². The molecule has 0 radical (unpaired) electrons. The van der Waals surface area contributed by atoms with Crippen LogP contribution in [0.1, 0.15) is 40.3 Å². The predicted octanol–water partition coefficient (Wildman–Crippen LogP) is 7.91. The minimum atomic E-state index is -0.267. The van der Waals surface area contributed by atoms with E-state index in [2.05, 4.69) is 39.7 Å². The Morgan fingerprint density at radius 1 is 0.825 bits per heavy atom. The standard InChI is InChI=1S/C33H29FN4OS/c1-21-10-14-27(15-11-21)39-28-16-12-25(13-17-28)38-32(31(36-33(38)40)30-9-4-5-18-35-30)29-19-22(2)37(23(29)3)26-8-6-7-24(34)20-26/h4-20,31-32H,1-3H3,(H,36,40)/t31-,32-/m0/s1. The van der Waals surface area contributed by atoms with Gasteiger partial charge in [0.25, 0.3) is 0 Å². The molecule has 0 bridgehead atoms. The normalized spacial score (nSPS) is 16.7. The zero-order valence-corrected chi connectivity index (χ0v) is 23.3. The van der Waals surface area contributed by atoms with E-state index >= 15 is 0 Å². The Morgan fingerprint density at radius 3 is 2.23 bits per heavy atom. The van der Waals surface area contributed by atoms with Gasteiger partial charge in [0.05, 0.1) is 17.8 Å². The Kier molecular flexibility index (Phi) is 6.82. The molecular weight excluding hydrogens is 519 g/mol. The number of aromatic nitrogens is 2. The van der Waals surface area contributed by atoms with E-state index in [4.69, 9.17) is 17.0 Å². The summed E-state index contributed by atoms with van der Waals surface area (Å²) in [5.41, 5.74) is 6.92. The number of thiocarbonyl (C=S) groups is 1. The zero-order chi connectivity index (χ0) is 27.8. The largest absolute Gasteiger partial charge is 0.457 e. The molecule has 1 N–H and O–H groups in total. The van der Waals surface area contributed by atoms with Crippen molar-refractivity contribution in [1.29, 1.82) is 0 Å². The monoisotopic (exact) mass is 548 g/mol. The third-order valence-electron chi connectivity index (χ3n) is 7.32. The fraction of sp³-hybridized carbons (Fsp3) is 0.152. The molecular formula is C33H29FN4OS. The lowest BCUT2D eigenvalue weighted by Crippen LogP contribution is -2.29. The maximum atomic E-state index is 14.2. The lowest BCUT2D eigenvalue weighted by molar-refractivity contribution is 0.482. The highest BCUT2D eigenvalue weighted by Gasteiger charge is 2.42. The Bertz CT molecular complexity index is 1670. The van der Waals surface area contributed by atoms with Crippen LogP contribution in [0.2, 0.25) is 0 Å². The average molecular weight is 549 g/mol. The first-order valence-electron chi connectivity index (χ1n) is 13.2. The maximum absolute atomic E-state index is 14.2. The van der Waals surface area contributed by atoms with E-state index in [1.54, 1.807) is 18.3 Å². The van der Waals surface area contributed by atoms with E-state index in [0.717, 1.165) is 45.5 Å². The van der Waals surface area contributed by atoms with Gasteiger partial charge in [0.2, 0.25) is 0 Å². The Balaban J connectivity index is 1.41. The van der Waals surface area contributed by atoms with E-state index in [1.165, 1.54) is 11.6 Å². The first kappa shape index (κ1) is 25.8. The third-order valence-corrected chi connectivity index (χ3v) is 7.64. The van der Waals surface area contributed by atoms with Crippen molar-refractivity contribution in [3.63, 3.8) is 0 Å². The fourth-order valence-corrected chi connectivity index (χ4v) is 5.81. The van der Waals surface area contributed by atoms with Crippen molar-refractivity contribution in [2.24, 2.45) is 0 Å². The van der Waals surface area contributed by atoms with E-state index in [0.29, 0.717) is 5.11 Å². The number of hydrogen-bond donors (Lipinski definition) is 1. The van der Waals surface area contributed by atoms with Crippen LogP contribution in [0, 0.1) is 26.6 Å². The minimum absolute atomic E-state index is 0.181. The molecule has 40 heavy (non-hydrogen) atoms. The highest BCUT2D eigenvalue weighted by atomic mass is 32.1. The average Bonchev–Trinajstić information content (AvgIpc) is 3.45. The van der Waals surface area contributed by atoms with Gasteiger partial charge in [-0.1, -0.05) is 29.8 Å². The van der Waals surface area contributed by atoms with Crippen LogP contribution in [0.15, 0.2) is 103 Å².